The highest BCUT2D eigenvalue weighted by Gasteiger charge is 2.26. The molecule has 0 saturated carbocycles. The van der Waals surface area contributed by atoms with Crippen molar-refractivity contribution in [2.45, 2.75) is 46.2 Å². The van der Waals surface area contributed by atoms with E-state index in [0.717, 1.165) is 42.8 Å². The molecule has 1 unspecified atom stereocenters. The number of amides is 1. The first-order chi connectivity index (χ1) is 9.93. The lowest BCUT2D eigenvalue weighted by molar-refractivity contribution is 0.0568. The zero-order valence-electron chi connectivity index (χ0n) is 13.5. The van der Waals surface area contributed by atoms with Gasteiger partial charge >= 0.3 is 0 Å². The number of carbonyl (C=O) groups is 1. The summed E-state index contributed by atoms with van der Waals surface area (Å²) in [6.07, 6.45) is 3.16. The minimum absolute atomic E-state index is 0.151. The average molecular weight is 356 g/mol. The molecule has 1 aromatic heterocycles. The fourth-order valence-electron chi connectivity index (χ4n) is 2.83. The smallest absolute Gasteiger partial charge is 0.270 e. The Hall–Kier alpha value is -0.810. The van der Waals surface area contributed by atoms with E-state index >= 15 is 0 Å². The lowest BCUT2D eigenvalue weighted by Gasteiger charge is -2.38. The first-order valence-corrected chi connectivity index (χ1v) is 8.64. The van der Waals surface area contributed by atoms with Gasteiger partial charge in [0.2, 0.25) is 0 Å². The SMILES string of the molecule is CCC(C)N1CCN(C(=O)c2cc(Br)cn2C(C)C)CC1. The molecule has 21 heavy (non-hydrogen) atoms. The van der Waals surface area contributed by atoms with Gasteiger partial charge < -0.3 is 9.47 Å². The van der Waals surface area contributed by atoms with Crippen molar-refractivity contribution in [2.24, 2.45) is 0 Å². The number of hydrogen-bond donors (Lipinski definition) is 0. The molecule has 0 aliphatic carbocycles. The Morgan fingerprint density at radius 1 is 1.24 bits per heavy atom. The Kier molecular flexibility index (Phi) is 5.49. The topological polar surface area (TPSA) is 28.5 Å². The molecule has 0 radical (unpaired) electrons. The van der Waals surface area contributed by atoms with Crippen molar-refractivity contribution in [3.8, 4) is 0 Å². The molecule has 5 heteroatoms. The zero-order valence-corrected chi connectivity index (χ0v) is 15.1. The molecule has 0 aromatic carbocycles. The largest absolute Gasteiger partial charge is 0.340 e. The van der Waals surface area contributed by atoms with Crippen molar-refractivity contribution in [1.82, 2.24) is 14.4 Å². The summed E-state index contributed by atoms with van der Waals surface area (Å²) in [5.74, 6) is 0.151. The Morgan fingerprint density at radius 3 is 2.38 bits per heavy atom. The number of aromatic nitrogens is 1. The molecule has 1 fully saturated rings. The van der Waals surface area contributed by atoms with Crippen LogP contribution < -0.4 is 0 Å². The number of piperazine rings is 1. The first-order valence-electron chi connectivity index (χ1n) is 7.84. The molecule has 118 valence electrons. The van der Waals surface area contributed by atoms with E-state index in [-0.39, 0.29) is 11.9 Å². The lowest BCUT2D eigenvalue weighted by Crippen LogP contribution is -2.51. The molecule has 0 N–H and O–H groups in total. The minimum Gasteiger partial charge on any atom is -0.340 e. The van der Waals surface area contributed by atoms with Gasteiger partial charge in [0.15, 0.2) is 0 Å². The molecule has 2 heterocycles. The van der Waals surface area contributed by atoms with E-state index in [0.29, 0.717) is 6.04 Å². The van der Waals surface area contributed by atoms with Crippen LogP contribution in [0.25, 0.3) is 0 Å². The average Bonchev–Trinajstić information content (AvgIpc) is 2.88. The predicted molar refractivity (Wildman–Crippen MR) is 89.7 cm³/mol. The van der Waals surface area contributed by atoms with Crippen LogP contribution in [-0.4, -0.2) is 52.5 Å². The second-order valence-electron chi connectivity index (χ2n) is 6.13. The Labute approximate surface area is 136 Å². The molecule has 0 spiro atoms. The van der Waals surface area contributed by atoms with Gasteiger partial charge in [0.25, 0.3) is 5.91 Å². The minimum atomic E-state index is 0.151. The molecular formula is C16H26BrN3O. The van der Waals surface area contributed by atoms with Crippen molar-refractivity contribution in [3.05, 3.63) is 22.4 Å². The summed E-state index contributed by atoms with van der Waals surface area (Å²) >= 11 is 3.48. The monoisotopic (exact) mass is 355 g/mol. The highest BCUT2D eigenvalue weighted by Crippen LogP contribution is 2.21. The maximum atomic E-state index is 12.8. The normalized spacial score (nSPS) is 18.3. The second kappa shape index (κ2) is 6.97. The summed E-state index contributed by atoms with van der Waals surface area (Å²) in [4.78, 5) is 17.2. The summed E-state index contributed by atoms with van der Waals surface area (Å²) in [7, 11) is 0. The molecule has 1 amide bonds. The van der Waals surface area contributed by atoms with Gasteiger partial charge in [-0.05, 0) is 49.2 Å². The Balaban J connectivity index is 2.05. The van der Waals surface area contributed by atoms with Crippen LogP contribution in [0, 0.1) is 0 Å². The highest BCUT2D eigenvalue weighted by atomic mass is 79.9. The predicted octanol–water partition coefficient (Wildman–Crippen LogP) is 3.39. The van der Waals surface area contributed by atoms with Crippen LogP contribution in [0.15, 0.2) is 16.7 Å². The lowest BCUT2D eigenvalue weighted by atomic mass is 10.2. The fourth-order valence-corrected chi connectivity index (χ4v) is 3.27. The summed E-state index contributed by atoms with van der Waals surface area (Å²) in [5, 5.41) is 0. The van der Waals surface area contributed by atoms with E-state index in [1.54, 1.807) is 0 Å². The van der Waals surface area contributed by atoms with E-state index < -0.39 is 0 Å². The van der Waals surface area contributed by atoms with Crippen molar-refractivity contribution in [1.29, 1.82) is 0 Å². The highest BCUT2D eigenvalue weighted by molar-refractivity contribution is 9.10. The van der Waals surface area contributed by atoms with E-state index in [1.807, 2.05) is 21.7 Å². The van der Waals surface area contributed by atoms with Crippen LogP contribution in [0.1, 0.15) is 50.6 Å². The van der Waals surface area contributed by atoms with E-state index in [1.165, 1.54) is 0 Å². The summed E-state index contributed by atoms with van der Waals surface area (Å²) < 4.78 is 3.02. The van der Waals surface area contributed by atoms with E-state index in [2.05, 4.69) is 48.5 Å². The summed E-state index contributed by atoms with van der Waals surface area (Å²) in [5.41, 5.74) is 0.786. The maximum absolute atomic E-state index is 12.8. The molecule has 1 saturated heterocycles. The molecule has 1 aliphatic rings. The van der Waals surface area contributed by atoms with Gasteiger partial charge in [-0.1, -0.05) is 6.92 Å². The third-order valence-electron chi connectivity index (χ3n) is 4.41. The van der Waals surface area contributed by atoms with E-state index in [9.17, 15) is 4.79 Å². The third kappa shape index (κ3) is 3.69. The molecule has 1 aliphatic heterocycles. The van der Waals surface area contributed by atoms with E-state index in [4.69, 9.17) is 0 Å². The molecule has 4 nitrogen and oxygen atoms in total. The summed E-state index contributed by atoms with van der Waals surface area (Å²) in [6, 6.07) is 2.83. The Morgan fingerprint density at radius 2 is 1.86 bits per heavy atom. The van der Waals surface area contributed by atoms with Gasteiger partial charge in [-0.25, -0.2) is 0 Å². The number of rotatable bonds is 4. The molecule has 1 aromatic rings. The van der Waals surface area contributed by atoms with Gasteiger partial charge in [-0.3, -0.25) is 9.69 Å². The van der Waals surface area contributed by atoms with Gasteiger partial charge in [0.05, 0.1) is 0 Å². The molecule has 2 rings (SSSR count). The standard InChI is InChI=1S/C16H26BrN3O/c1-5-13(4)18-6-8-19(9-7-18)16(21)15-10-14(17)11-20(15)12(2)3/h10-13H,5-9H2,1-4H3. The van der Waals surface area contributed by atoms with Crippen molar-refractivity contribution < 1.29 is 4.79 Å². The van der Waals surface area contributed by atoms with Crippen molar-refractivity contribution in [2.75, 3.05) is 26.2 Å². The molecule has 1 atom stereocenters. The third-order valence-corrected chi connectivity index (χ3v) is 4.84. The van der Waals surface area contributed by atoms with Gasteiger partial charge in [0.1, 0.15) is 5.69 Å². The zero-order chi connectivity index (χ0) is 15.6. The number of carbonyl (C=O) groups excluding carboxylic acids is 1. The van der Waals surface area contributed by atoms with Crippen molar-refractivity contribution >= 4 is 21.8 Å². The quantitative estimate of drug-likeness (QED) is 0.827. The number of halogens is 1. The van der Waals surface area contributed by atoms with Crippen LogP contribution in [0.4, 0.5) is 0 Å². The second-order valence-corrected chi connectivity index (χ2v) is 7.05. The van der Waals surface area contributed by atoms with Gasteiger partial charge in [-0.2, -0.15) is 0 Å². The van der Waals surface area contributed by atoms with Crippen LogP contribution in [0.3, 0.4) is 0 Å². The van der Waals surface area contributed by atoms with Gasteiger partial charge in [-0.15, -0.1) is 0 Å². The number of nitrogens with zero attached hydrogens (tertiary/aromatic N) is 3. The number of hydrogen-bond acceptors (Lipinski definition) is 2. The molecular weight excluding hydrogens is 330 g/mol. The van der Waals surface area contributed by atoms with Gasteiger partial charge in [0, 0.05) is 48.9 Å². The maximum Gasteiger partial charge on any atom is 0.270 e. The Bertz CT molecular complexity index is 490. The molecule has 0 bridgehead atoms. The van der Waals surface area contributed by atoms with Crippen LogP contribution in [0.2, 0.25) is 0 Å². The fraction of sp³-hybridized carbons (Fsp3) is 0.688. The van der Waals surface area contributed by atoms with Crippen molar-refractivity contribution in [3.63, 3.8) is 0 Å². The first kappa shape index (κ1) is 16.6. The van der Waals surface area contributed by atoms with Crippen LogP contribution >= 0.6 is 15.9 Å². The van der Waals surface area contributed by atoms with Crippen LogP contribution in [0.5, 0.6) is 0 Å². The summed E-state index contributed by atoms with van der Waals surface area (Å²) in [6.45, 7) is 12.3. The van der Waals surface area contributed by atoms with Crippen LogP contribution in [-0.2, 0) is 0 Å².